The third-order valence-electron chi connectivity index (χ3n) is 3.89. The SMILES string of the molecule is CC(C)C=C(CC(C)C)N(C(=O)COc1nc2cc(Cl)ccc2o1)C(C)C. The number of hydrogen-bond acceptors (Lipinski definition) is 4. The molecule has 0 aliphatic heterocycles. The highest BCUT2D eigenvalue weighted by Gasteiger charge is 2.23. The number of hydrogen-bond donors (Lipinski definition) is 0. The normalized spacial score (nSPS) is 12.4. The maximum Gasteiger partial charge on any atom is 0.395 e. The minimum Gasteiger partial charge on any atom is -0.440 e. The molecule has 0 unspecified atom stereocenters. The lowest BCUT2D eigenvalue weighted by atomic mass is 10.0. The summed E-state index contributed by atoms with van der Waals surface area (Å²) in [5, 5.41) is 0.571. The molecule has 5 nitrogen and oxygen atoms in total. The molecular formula is C21H29ClN2O3. The van der Waals surface area contributed by atoms with E-state index in [1.54, 1.807) is 18.2 Å². The van der Waals surface area contributed by atoms with E-state index in [-0.39, 0.29) is 24.6 Å². The average molecular weight is 393 g/mol. The lowest BCUT2D eigenvalue weighted by molar-refractivity contribution is -0.133. The van der Waals surface area contributed by atoms with Crippen molar-refractivity contribution in [2.75, 3.05) is 6.61 Å². The first-order valence-electron chi connectivity index (χ1n) is 9.39. The van der Waals surface area contributed by atoms with Gasteiger partial charge in [0.15, 0.2) is 12.2 Å². The second-order valence-corrected chi connectivity index (χ2v) is 8.17. The van der Waals surface area contributed by atoms with Crippen molar-refractivity contribution in [3.05, 3.63) is 35.0 Å². The minimum absolute atomic E-state index is 0.0345. The molecule has 0 aliphatic rings. The van der Waals surface area contributed by atoms with Crippen LogP contribution in [0.15, 0.2) is 34.4 Å². The zero-order valence-corrected chi connectivity index (χ0v) is 17.7. The van der Waals surface area contributed by atoms with Gasteiger partial charge in [0.25, 0.3) is 5.91 Å². The number of aromatic nitrogens is 1. The van der Waals surface area contributed by atoms with Crippen molar-refractivity contribution in [2.24, 2.45) is 11.8 Å². The lowest BCUT2D eigenvalue weighted by Gasteiger charge is -2.31. The van der Waals surface area contributed by atoms with Crippen LogP contribution < -0.4 is 4.74 Å². The number of halogens is 1. The monoisotopic (exact) mass is 392 g/mol. The standard InChI is InChI=1S/C21H29ClN2O3/c1-13(2)9-17(10-14(3)4)24(15(5)6)20(25)12-26-21-23-18-11-16(22)7-8-19(18)27-21/h7-9,11,13-15H,10,12H2,1-6H3. The van der Waals surface area contributed by atoms with Gasteiger partial charge >= 0.3 is 6.08 Å². The Balaban J connectivity index is 2.15. The van der Waals surface area contributed by atoms with E-state index in [4.69, 9.17) is 20.8 Å². The molecule has 0 atom stereocenters. The van der Waals surface area contributed by atoms with Crippen LogP contribution in [0.2, 0.25) is 5.02 Å². The van der Waals surface area contributed by atoms with Gasteiger partial charge in [0.1, 0.15) is 5.52 Å². The van der Waals surface area contributed by atoms with Crippen LogP contribution in [0.25, 0.3) is 11.1 Å². The Bertz CT molecular complexity index is 809. The number of ether oxygens (including phenoxy) is 1. The average Bonchev–Trinajstić information content (AvgIpc) is 2.93. The van der Waals surface area contributed by atoms with Gasteiger partial charge in [-0.2, -0.15) is 4.98 Å². The van der Waals surface area contributed by atoms with Crippen LogP contribution in [-0.4, -0.2) is 28.4 Å². The van der Waals surface area contributed by atoms with Gasteiger partial charge in [-0.1, -0.05) is 45.4 Å². The number of carbonyl (C=O) groups is 1. The van der Waals surface area contributed by atoms with Crippen molar-refractivity contribution in [1.29, 1.82) is 0 Å². The van der Waals surface area contributed by atoms with Gasteiger partial charge in [-0.3, -0.25) is 4.79 Å². The van der Waals surface area contributed by atoms with Crippen molar-refractivity contribution in [3.8, 4) is 6.08 Å². The Morgan fingerprint density at radius 1 is 1.26 bits per heavy atom. The number of rotatable bonds is 8. The predicted octanol–water partition coefficient (Wildman–Crippen LogP) is 5.68. The highest BCUT2D eigenvalue weighted by Crippen LogP contribution is 2.24. The molecule has 0 aliphatic carbocycles. The van der Waals surface area contributed by atoms with Crippen LogP contribution in [0.3, 0.4) is 0 Å². The Labute approximate surface area is 166 Å². The van der Waals surface area contributed by atoms with E-state index in [9.17, 15) is 4.79 Å². The Kier molecular flexibility index (Phi) is 7.31. The van der Waals surface area contributed by atoms with E-state index in [1.165, 1.54) is 0 Å². The van der Waals surface area contributed by atoms with Gasteiger partial charge < -0.3 is 14.1 Å². The molecular weight excluding hydrogens is 364 g/mol. The van der Waals surface area contributed by atoms with Gasteiger partial charge in [0.2, 0.25) is 0 Å². The molecule has 2 aromatic rings. The molecule has 6 heteroatoms. The highest BCUT2D eigenvalue weighted by molar-refractivity contribution is 6.31. The fraction of sp³-hybridized carbons (Fsp3) is 0.524. The zero-order chi connectivity index (χ0) is 20.1. The molecule has 0 N–H and O–H groups in total. The van der Waals surface area contributed by atoms with Gasteiger partial charge in [-0.05, 0) is 50.3 Å². The Morgan fingerprint density at radius 2 is 1.96 bits per heavy atom. The van der Waals surface area contributed by atoms with Crippen LogP contribution in [0.5, 0.6) is 6.08 Å². The van der Waals surface area contributed by atoms with E-state index in [1.807, 2.05) is 18.7 Å². The van der Waals surface area contributed by atoms with Crippen molar-refractivity contribution < 1.29 is 13.9 Å². The topological polar surface area (TPSA) is 55.6 Å². The quantitative estimate of drug-likeness (QED) is 0.579. The summed E-state index contributed by atoms with van der Waals surface area (Å²) in [5.41, 5.74) is 2.21. The van der Waals surface area contributed by atoms with Crippen molar-refractivity contribution >= 4 is 28.6 Å². The van der Waals surface area contributed by atoms with Gasteiger partial charge in [0, 0.05) is 16.8 Å². The molecule has 0 bridgehead atoms. The van der Waals surface area contributed by atoms with Crippen LogP contribution in [-0.2, 0) is 4.79 Å². The van der Waals surface area contributed by atoms with E-state index < -0.39 is 0 Å². The number of benzene rings is 1. The van der Waals surface area contributed by atoms with Crippen molar-refractivity contribution in [2.45, 2.75) is 54.0 Å². The summed E-state index contributed by atoms with van der Waals surface area (Å²) in [6.45, 7) is 12.4. The molecule has 1 amide bonds. The fourth-order valence-electron chi connectivity index (χ4n) is 2.96. The molecule has 148 valence electrons. The second-order valence-electron chi connectivity index (χ2n) is 7.74. The molecule has 1 aromatic carbocycles. The number of fused-ring (bicyclic) bond motifs is 1. The highest BCUT2D eigenvalue weighted by atomic mass is 35.5. The predicted molar refractivity (Wildman–Crippen MR) is 109 cm³/mol. The molecule has 1 aromatic heterocycles. The summed E-state index contributed by atoms with van der Waals surface area (Å²) in [5.74, 6) is 0.695. The summed E-state index contributed by atoms with van der Waals surface area (Å²) >= 11 is 5.96. The molecule has 0 saturated carbocycles. The summed E-state index contributed by atoms with van der Waals surface area (Å²) in [7, 11) is 0. The Morgan fingerprint density at radius 3 is 2.56 bits per heavy atom. The summed E-state index contributed by atoms with van der Waals surface area (Å²) in [4.78, 5) is 19.0. The maximum absolute atomic E-state index is 12.9. The third kappa shape index (κ3) is 5.99. The summed E-state index contributed by atoms with van der Waals surface area (Å²) in [6, 6.07) is 5.18. The number of carbonyl (C=O) groups excluding carboxylic acids is 1. The van der Waals surface area contributed by atoms with E-state index in [0.717, 1.165) is 12.1 Å². The van der Waals surface area contributed by atoms with E-state index in [2.05, 4.69) is 38.8 Å². The van der Waals surface area contributed by atoms with E-state index >= 15 is 0 Å². The number of oxazole rings is 1. The van der Waals surface area contributed by atoms with Crippen LogP contribution in [0.4, 0.5) is 0 Å². The molecule has 0 saturated heterocycles. The second kappa shape index (κ2) is 9.27. The number of allylic oxidation sites excluding steroid dienone is 2. The molecule has 0 spiro atoms. The van der Waals surface area contributed by atoms with Crippen molar-refractivity contribution in [3.63, 3.8) is 0 Å². The number of amides is 1. The lowest BCUT2D eigenvalue weighted by Crippen LogP contribution is -2.40. The van der Waals surface area contributed by atoms with Crippen LogP contribution in [0, 0.1) is 11.8 Å². The van der Waals surface area contributed by atoms with Crippen LogP contribution >= 0.6 is 11.6 Å². The smallest absolute Gasteiger partial charge is 0.395 e. The minimum atomic E-state index is -0.133. The van der Waals surface area contributed by atoms with E-state index in [0.29, 0.717) is 28.0 Å². The third-order valence-corrected chi connectivity index (χ3v) is 4.12. The first-order valence-corrected chi connectivity index (χ1v) is 9.76. The first-order chi connectivity index (χ1) is 12.7. The fourth-order valence-corrected chi connectivity index (χ4v) is 3.13. The van der Waals surface area contributed by atoms with Crippen molar-refractivity contribution in [1.82, 2.24) is 9.88 Å². The molecule has 0 radical (unpaired) electrons. The largest absolute Gasteiger partial charge is 0.440 e. The number of nitrogens with zero attached hydrogens (tertiary/aromatic N) is 2. The first kappa shape index (κ1) is 21.3. The maximum atomic E-state index is 12.9. The molecule has 2 rings (SSSR count). The Hall–Kier alpha value is -2.01. The van der Waals surface area contributed by atoms with Gasteiger partial charge in [0.05, 0.1) is 0 Å². The van der Waals surface area contributed by atoms with Gasteiger partial charge in [-0.15, -0.1) is 0 Å². The summed E-state index contributed by atoms with van der Waals surface area (Å²) in [6.07, 6.45) is 3.06. The van der Waals surface area contributed by atoms with Crippen LogP contribution in [0.1, 0.15) is 48.0 Å². The molecule has 0 fully saturated rings. The molecule has 1 heterocycles. The zero-order valence-electron chi connectivity index (χ0n) is 17.0. The molecule has 27 heavy (non-hydrogen) atoms. The van der Waals surface area contributed by atoms with Gasteiger partial charge in [-0.25, -0.2) is 0 Å². The summed E-state index contributed by atoms with van der Waals surface area (Å²) < 4.78 is 11.1.